The fourth-order valence-electron chi connectivity index (χ4n) is 3.03. The third kappa shape index (κ3) is 7.01. The maximum atomic E-state index is 5.77. The van der Waals surface area contributed by atoms with Gasteiger partial charge in [0.1, 0.15) is 12.4 Å². The molecule has 0 bridgehead atoms. The van der Waals surface area contributed by atoms with Crippen molar-refractivity contribution < 1.29 is 4.74 Å². The van der Waals surface area contributed by atoms with Crippen LogP contribution in [0.25, 0.3) is 0 Å². The van der Waals surface area contributed by atoms with Gasteiger partial charge >= 0.3 is 0 Å². The lowest BCUT2D eigenvalue weighted by atomic mass is 10.1. The van der Waals surface area contributed by atoms with Gasteiger partial charge in [-0.3, -0.25) is 9.89 Å². The zero-order valence-corrected chi connectivity index (χ0v) is 18.4. The molecular weight excluding hydrogens is 427 g/mol. The quantitative estimate of drug-likeness (QED) is 0.297. The van der Waals surface area contributed by atoms with E-state index >= 15 is 0 Å². The van der Waals surface area contributed by atoms with Crippen molar-refractivity contribution in [2.45, 2.75) is 39.8 Å². The molecule has 142 valence electrons. The molecular formula is C19H33IN4O. The molecule has 2 atom stereocenters. The Hall–Kier alpha value is -1.02. The number of aryl methyl sites for hydroxylation is 1. The van der Waals surface area contributed by atoms with Gasteiger partial charge in [-0.1, -0.05) is 19.1 Å². The summed E-state index contributed by atoms with van der Waals surface area (Å²) < 4.78 is 5.77. The van der Waals surface area contributed by atoms with E-state index in [-0.39, 0.29) is 24.0 Å². The van der Waals surface area contributed by atoms with Gasteiger partial charge in [0.15, 0.2) is 5.96 Å². The topological polar surface area (TPSA) is 48.9 Å². The van der Waals surface area contributed by atoms with Crippen molar-refractivity contribution in [3.63, 3.8) is 0 Å². The zero-order valence-electron chi connectivity index (χ0n) is 16.1. The summed E-state index contributed by atoms with van der Waals surface area (Å²) >= 11 is 0. The molecule has 1 aliphatic heterocycles. The molecule has 0 saturated carbocycles. The Kier molecular flexibility index (Phi) is 9.56. The van der Waals surface area contributed by atoms with Crippen LogP contribution in [0, 0.1) is 12.8 Å². The Balaban J connectivity index is 0.00000312. The lowest BCUT2D eigenvalue weighted by Gasteiger charge is -2.22. The second kappa shape index (κ2) is 10.9. The van der Waals surface area contributed by atoms with Crippen LogP contribution in [0.4, 0.5) is 0 Å². The maximum Gasteiger partial charge on any atom is 0.191 e. The third-order valence-corrected chi connectivity index (χ3v) is 4.57. The Morgan fingerprint density at radius 3 is 2.72 bits per heavy atom. The molecule has 0 aliphatic carbocycles. The van der Waals surface area contributed by atoms with Crippen LogP contribution in [0.15, 0.2) is 29.3 Å². The van der Waals surface area contributed by atoms with E-state index in [0.29, 0.717) is 24.6 Å². The predicted molar refractivity (Wildman–Crippen MR) is 116 cm³/mol. The first kappa shape index (κ1) is 22.0. The van der Waals surface area contributed by atoms with Gasteiger partial charge in [0, 0.05) is 32.2 Å². The number of hydrogen-bond donors (Lipinski definition) is 2. The average Bonchev–Trinajstić information content (AvgIpc) is 2.91. The van der Waals surface area contributed by atoms with E-state index in [9.17, 15) is 0 Å². The summed E-state index contributed by atoms with van der Waals surface area (Å²) in [5, 5.41) is 6.89. The fraction of sp³-hybridized carbons (Fsp3) is 0.632. The second-order valence-electron chi connectivity index (χ2n) is 6.94. The van der Waals surface area contributed by atoms with Crippen molar-refractivity contribution in [2.24, 2.45) is 10.9 Å². The van der Waals surface area contributed by atoms with Crippen LogP contribution in [0.5, 0.6) is 5.75 Å². The zero-order chi connectivity index (χ0) is 17.5. The van der Waals surface area contributed by atoms with Crippen molar-refractivity contribution in [2.75, 3.05) is 33.3 Å². The summed E-state index contributed by atoms with van der Waals surface area (Å²) in [5.41, 5.74) is 1.21. The number of benzene rings is 1. The Morgan fingerprint density at radius 1 is 1.36 bits per heavy atom. The molecule has 2 N–H and O–H groups in total. The van der Waals surface area contributed by atoms with Crippen molar-refractivity contribution in [1.29, 1.82) is 0 Å². The minimum Gasteiger partial charge on any atom is -0.492 e. The molecule has 1 aromatic carbocycles. The number of guanidine groups is 1. The van der Waals surface area contributed by atoms with Gasteiger partial charge in [-0.2, -0.15) is 0 Å². The number of nitrogens with one attached hydrogen (secondary N) is 2. The van der Waals surface area contributed by atoms with Gasteiger partial charge in [-0.25, -0.2) is 0 Å². The fourth-order valence-corrected chi connectivity index (χ4v) is 3.03. The number of hydrogen-bond acceptors (Lipinski definition) is 3. The predicted octanol–water partition coefficient (Wildman–Crippen LogP) is 2.89. The van der Waals surface area contributed by atoms with Crippen LogP contribution >= 0.6 is 24.0 Å². The standard InChI is InChI=1S/C19H32N4O.HI/c1-14(2)23-12-16(4)18(13-23)22-19(20-5)21-9-10-24-17-8-6-7-15(3)11-17;/h6-8,11,14,16,18H,9-10,12-13H2,1-5H3,(H2,20,21,22);1H. The average molecular weight is 460 g/mol. The summed E-state index contributed by atoms with van der Waals surface area (Å²) in [7, 11) is 1.82. The highest BCUT2D eigenvalue weighted by Crippen LogP contribution is 2.18. The lowest BCUT2D eigenvalue weighted by Crippen LogP contribution is -2.47. The minimum absolute atomic E-state index is 0. The molecule has 1 saturated heterocycles. The minimum atomic E-state index is 0. The number of ether oxygens (including phenoxy) is 1. The molecule has 1 fully saturated rings. The number of nitrogens with zero attached hydrogens (tertiary/aromatic N) is 2. The van der Waals surface area contributed by atoms with Crippen LogP contribution < -0.4 is 15.4 Å². The highest BCUT2D eigenvalue weighted by Gasteiger charge is 2.31. The summed E-state index contributed by atoms with van der Waals surface area (Å²) in [6.45, 7) is 12.4. The monoisotopic (exact) mass is 460 g/mol. The van der Waals surface area contributed by atoms with E-state index < -0.39 is 0 Å². The molecule has 6 heteroatoms. The lowest BCUT2D eigenvalue weighted by molar-refractivity contribution is 0.265. The third-order valence-electron chi connectivity index (χ3n) is 4.57. The van der Waals surface area contributed by atoms with Crippen LogP contribution in [-0.4, -0.2) is 56.2 Å². The molecule has 0 radical (unpaired) electrons. The first-order chi connectivity index (χ1) is 11.5. The van der Waals surface area contributed by atoms with Gasteiger partial charge in [0.2, 0.25) is 0 Å². The van der Waals surface area contributed by atoms with E-state index in [1.165, 1.54) is 5.56 Å². The Bertz CT molecular complexity index is 550. The number of halogens is 1. The normalized spacial score (nSPS) is 21.1. The van der Waals surface area contributed by atoms with Gasteiger partial charge < -0.3 is 15.4 Å². The summed E-state index contributed by atoms with van der Waals surface area (Å²) in [4.78, 5) is 6.85. The largest absolute Gasteiger partial charge is 0.492 e. The second-order valence-corrected chi connectivity index (χ2v) is 6.94. The van der Waals surface area contributed by atoms with Crippen LogP contribution in [0.3, 0.4) is 0 Å². The highest BCUT2D eigenvalue weighted by molar-refractivity contribution is 14.0. The SMILES string of the molecule is CN=C(NCCOc1cccc(C)c1)NC1CN(C(C)C)CC1C.I. The van der Waals surface area contributed by atoms with E-state index in [1.807, 2.05) is 25.2 Å². The van der Waals surface area contributed by atoms with Crippen molar-refractivity contribution in [1.82, 2.24) is 15.5 Å². The molecule has 1 heterocycles. The first-order valence-corrected chi connectivity index (χ1v) is 8.90. The van der Waals surface area contributed by atoms with Crippen molar-refractivity contribution in [3.8, 4) is 5.75 Å². The van der Waals surface area contributed by atoms with Gasteiger partial charge in [0.25, 0.3) is 0 Å². The van der Waals surface area contributed by atoms with E-state index in [1.54, 1.807) is 0 Å². The summed E-state index contributed by atoms with van der Waals surface area (Å²) in [5.74, 6) is 2.39. The molecule has 25 heavy (non-hydrogen) atoms. The van der Waals surface area contributed by atoms with Crippen molar-refractivity contribution in [3.05, 3.63) is 29.8 Å². The van der Waals surface area contributed by atoms with Crippen molar-refractivity contribution >= 4 is 29.9 Å². The molecule has 1 aromatic rings. The van der Waals surface area contributed by atoms with Crippen LogP contribution in [0.1, 0.15) is 26.3 Å². The number of likely N-dealkylation sites (tertiary alicyclic amines) is 1. The molecule has 1 aliphatic rings. The van der Waals surface area contributed by atoms with E-state index in [4.69, 9.17) is 4.74 Å². The van der Waals surface area contributed by atoms with Crippen LogP contribution in [0.2, 0.25) is 0 Å². The molecule has 0 aromatic heterocycles. The van der Waals surface area contributed by atoms with Crippen LogP contribution in [-0.2, 0) is 0 Å². The van der Waals surface area contributed by atoms with Gasteiger partial charge in [-0.05, 0) is 44.4 Å². The number of aliphatic imine (C=N–C) groups is 1. The summed E-state index contributed by atoms with van der Waals surface area (Å²) in [6.07, 6.45) is 0. The van der Waals surface area contributed by atoms with Gasteiger partial charge in [0.05, 0.1) is 6.54 Å². The van der Waals surface area contributed by atoms with E-state index in [2.05, 4.69) is 54.3 Å². The molecule has 0 spiro atoms. The molecule has 2 rings (SSSR count). The molecule has 0 amide bonds. The van der Waals surface area contributed by atoms with Gasteiger partial charge in [-0.15, -0.1) is 24.0 Å². The Labute approximate surface area is 169 Å². The highest BCUT2D eigenvalue weighted by atomic mass is 127. The smallest absolute Gasteiger partial charge is 0.191 e. The maximum absolute atomic E-state index is 5.77. The summed E-state index contributed by atoms with van der Waals surface area (Å²) in [6, 6.07) is 9.16. The first-order valence-electron chi connectivity index (χ1n) is 8.90. The Morgan fingerprint density at radius 2 is 2.12 bits per heavy atom. The molecule has 5 nitrogen and oxygen atoms in total. The van der Waals surface area contributed by atoms with E-state index in [0.717, 1.165) is 31.3 Å². The number of rotatable bonds is 6. The molecule has 2 unspecified atom stereocenters.